The molecule has 1 aliphatic heterocycles. The normalized spacial score (nSPS) is 18.5. The van der Waals surface area contributed by atoms with Crippen molar-refractivity contribution in [1.29, 1.82) is 5.26 Å². The zero-order valence-corrected chi connectivity index (χ0v) is 22.5. The number of halogens is 3. The minimum absolute atomic E-state index is 0.102. The first kappa shape index (κ1) is 27.8. The van der Waals surface area contributed by atoms with Gasteiger partial charge in [-0.05, 0) is 68.9 Å². The second-order valence-electron chi connectivity index (χ2n) is 10.2. The van der Waals surface area contributed by atoms with E-state index in [1.807, 2.05) is 12.1 Å². The van der Waals surface area contributed by atoms with Crippen LogP contribution in [0.25, 0.3) is 22.2 Å². The highest BCUT2D eigenvalue weighted by Crippen LogP contribution is 2.43. The molecule has 2 fully saturated rings. The van der Waals surface area contributed by atoms with Gasteiger partial charge >= 0.3 is 12.3 Å². The number of carbonyl (C=O) groups excluding carboxylic acids is 1. The van der Waals surface area contributed by atoms with Crippen LogP contribution >= 0.6 is 0 Å². The van der Waals surface area contributed by atoms with Gasteiger partial charge in [0, 0.05) is 23.2 Å². The van der Waals surface area contributed by atoms with Crippen LogP contribution in [0.15, 0.2) is 42.5 Å². The number of amides is 1. The lowest BCUT2D eigenvalue weighted by Gasteiger charge is -2.30. The number of benzene rings is 2. The second-order valence-corrected chi connectivity index (χ2v) is 12.5. The largest absolute Gasteiger partial charge is 0.490 e. The smallest absolute Gasteiger partial charge is 0.425 e. The quantitative estimate of drug-likeness (QED) is 0.366. The van der Waals surface area contributed by atoms with Crippen molar-refractivity contribution in [1.82, 2.24) is 4.57 Å². The second kappa shape index (κ2) is 10.7. The minimum Gasteiger partial charge on any atom is -0.490 e. The number of hydrogen-bond acceptors (Lipinski definition) is 6. The van der Waals surface area contributed by atoms with Crippen LogP contribution in [0, 0.1) is 11.3 Å². The summed E-state index contributed by atoms with van der Waals surface area (Å²) >= 11 is 0. The summed E-state index contributed by atoms with van der Waals surface area (Å²) in [6.07, 6.45) is -4.53. The van der Waals surface area contributed by atoms with Crippen LogP contribution in [-0.2, 0) is 14.6 Å². The van der Waals surface area contributed by atoms with E-state index in [2.05, 4.69) is 20.7 Å². The van der Waals surface area contributed by atoms with E-state index in [1.54, 1.807) is 30.3 Å². The van der Waals surface area contributed by atoms with Crippen molar-refractivity contribution >= 4 is 32.5 Å². The summed E-state index contributed by atoms with van der Waals surface area (Å²) in [5, 5.41) is 13.2. The summed E-state index contributed by atoms with van der Waals surface area (Å²) in [4.78, 5) is 11.9. The van der Waals surface area contributed by atoms with Crippen LogP contribution < -0.4 is 10.1 Å². The highest BCUT2D eigenvalue weighted by atomic mass is 32.2. The van der Waals surface area contributed by atoms with E-state index >= 15 is 0 Å². The van der Waals surface area contributed by atoms with Crippen molar-refractivity contribution in [3.05, 3.63) is 48.0 Å². The summed E-state index contributed by atoms with van der Waals surface area (Å²) in [6, 6.07) is 14.5. The lowest BCUT2D eigenvalue weighted by molar-refractivity contribution is -0.196. The molecular formula is C28H28F3N3O5S. The van der Waals surface area contributed by atoms with Crippen molar-refractivity contribution in [2.24, 2.45) is 0 Å². The molecule has 5 rings (SSSR count). The maximum atomic E-state index is 12.7. The number of nitrogens with one attached hydrogen (secondary N) is 1. The highest BCUT2D eigenvalue weighted by molar-refractivity contribution is 7.91. The maximum absolute atomic E-state index is 12.7. The zero-order chi connectivity index (χ0) is 28.7. The van der Waals surface area contributed by atoms with Crippen LogP contribution in [0.5, 0.6) is 5.75 Å². The molecule has 1 atom stereocenters. The minimum atomic E-state index is -4.66. The molecule has 0 radical (unpaired) electrons. The van der Waals surface area contributed by atoms with Crippen molar-refractivity contribution < 1.29 is 35.9 Å². The van der Waals surface area contributed by atoms with Crippen LogP contribution in [0.4, 0.5) is 23.7 Å². The number of hydrogen-bond donors (Lipinski definition) is 1. The fourth-order valence-electron chi connectivity index (χ4n) is 5.05. The van der Waals surface area contributed by atoms with E-state index in [0.29, 0.717) is 35.4 Å². The van der Waals surface area contributed by atoms with E-state index in [1.165, 1.54) is 0 Å². The maximum Gasteiger partial charge on any atom is 0.425 e. The molecule has 3 aromatic rings. The Bertz CT molecular complexity index is 1560. The van der Waals surface area contributed by atoms with Gasteiger partial charge in [0.25, 0.3) is 0 Å². The zero-order valence-electron chi connectivity index (χ0n) is 21.7. The molecule has 2 aliphatic rings. The van der Waals surface area contributed by atoms with Gasteiger partial charge in [-0.3, -0.25) is 5.32 Å². The third kappa shape index (κ3) is 5.75. The third-order valence-corrected chi connectivity index (χ3v) is 9.20. The Morgan fingerprint density at radius 3 is 2.35 bits per heavy atom. The number of carbonyl (C=O) groups is 1. The molecule has 40 heavy (non-hydrogen) atoms. The van der Waals surface area contributed by atoms with E-state index in [-0.39, 0.29) is 29.3 Å². The summed E-state index contributed by atoms with van der Waals surface area (Å²) in [6.45, 7) is 0.751. The first-order valence-electron chi connectivity index (χ1n) is 13.0. The molecule has 212 valence electrons. The number of nitrogens with zero attached hydrogens (tertiary/aromatic N) is 2. The first-order valence-corrected chi connectivity index (χ1v) is 14.9. The lowest BCUT2D eigenvalue weighted by atomic mass is 9.92. The number of fused-ring (bicyclic) bond motifs is 1. The molecule has 2 aromatic carbocycles. The van der Waals surface area contributed by atoms with Gasteiger partial charge in [-0.2, -0.15) is 18.4 Å². The average molecular weight is 576 g/mol. The van der Waals surface area contributed by atoms with Crippen LogP contribution in [0.2, 0.25) is 0 Å². The Balaban J connectivity index is 1.44. The van der Waals surface area contributed by atoms with Gasteiger partial charge in [-0.25, -0.2) is 13.2 Å². The lowest BCUT2D eigenvalue weighted by Crippen LogP contribution is -2.32. The number of sulfone groups is 1. The molecule has 1 saturated carbocycles. The monoisotopic (exact) mass is 575 g/mol. The fourth-order valence-corrected chi connectivity index (χ4v) is 6.50. The highest BCUT2D eigenvalue weighted by Gasteiger charge is 2.39. The summed E-state index contributed by atoms with van der Waals surface area (Å²) in [5.41, 5.74) is 2.99. The summed E-state index contributed by atoms with van der Waals surface area (Å²) in [5.74, 6) is 0.813. The average Bonchev–Trinajstić information content (AvgIpc) is 3.17. The molecule has 0 unspecified atom stereocenters. The Hall–Kier alpha value is -3.72. The number of anilines is 1. The molecule has 0 bridgehead atoms. The topological polar surface area (TPSA) is 110 Å². The van der Waals surface area contributed by atoms with Gasteiger partial charge in [-0.1, -0.05) is 12.1 Å². The Kier molecular flexibility index (Phi) is 7.44. The molecule has 1 saturated heterocycles. The molecule has 2 heterocycles. The van der Waals surface area contributed by atoms with E-state index in [4.69, 9.17) is 4.74 Å². The molecule has 1 aliphatic carbocycles. The van der Waals surface area contributed by atoms with E-state index in [0.717, 1.165) is 37.1 Å². The number of nitriles is 1. The molecule has 1 N–H and O–H groups in total. The number of rotatable bonds is 6. The number of ether oxygens (including phenoxy) is 2. The van der Waals surface area contributed by atoms with Crippen molar-refractivity contribution in [2.75, 3.05) is 16.8 Å². The predicted octanol–water partition coefficient (Wildman–Crippen LogP) is 6.36. The van der Waals surface area contributed by atoms with Crippen molar-refractivity contribution in [3.63, 3.8) is 0 Å². The Morgan fingerprint density at radius 2 is 1.77 bits per heavy atom. The van der Waals surface area contributed by atoms with Gasteiger partial charge in [0.2, 0.25) is 0 Å². The van der Waals surface area contributed by atoms with E-state index in [9.17, 15) is 31.6 Å². The SMILES string of the molecule is C[C@@H](OC(=O)Nc1ccc(-c2c(C#N)c3ccc(OC4CCS(=O)(=O)CC4)cc3n2C2CCC2)cc1)C(F)(F)F. The molecule has 8 nitrogen and oxygen atoms in total. The molecule has 0 spiro atoms. The van der Waals surface area contributed by atoms with Crippen LogP contribution in [0.1, 0.15) is 50.6 Å². The molecule has 12 heteroatoms. The van der Waals surface area contributed by atoms with E-state index < -0.39 is 28.2 Å². The fraction of sp³-hybridized carbons (Fsp3) is 0.429. The van der Waals surface area contributed by atoms with Crippen LogP contribution in [-0.4, -0.2) is 49.0 Å². The van der Waals surface area contributed by atoms with Gasteiger partial charge < -0.3 is 14.0 Å². The van der Waals surface area contributed by atoms with Crippen molar-refractivity contribution in [2.45, 2.75) is 63.5 Å². The Labute approximate surface area is 229 Å². The van der Waals surface area contributed by atoms with Gasteiger partial charge in [0.15, 0.2) is 15.9 Å². The summed E-state index contributed by atoms with van der Waals surface area (Å²) in [7, 11) is -3.01. The molecular weight excluding hydrogens is 547 g/mol. The van der Waals surface area contributed by atoms with Crippen LogP contribution in [0.3, 0.4) is 0 Å². The summed E-state index contributed by atoms with van der Waals surface area (Å²) < 4.78 is 74.3. The third-order valence-electron chi connectivity index (χ3n) is 7.48. The predicted molar refractivity (Wildman–Crippen MR) is 143 cm³/mol. The van der Waals surface area contributed by atoms with Gasteiger partial charge in [-0.15, -0.1) is 0 Å². The van der Waals surface area contributed by atoms with Gasteiger partial charge in [0.1, 0.15) is 17.9 Å². The number of aromatic nitrogens is 1. The molecule has 1 aromatic heterocycles. The Morgan fingerprint density at radius 1 is 1.10 bits per heavy atom. The van der Waals surface area contributed by atoms with Crippen molar-refractivity contribution in [3.8, 4) is 23.1 Å². The molecule has 1 amide bonds. The first-order chi connectivity index (χ1) is 18.9. The number of alkyl halides is 3. The van der Waals surface area contributed by atoms with Gasteiger partial charge in [0.05, 0.1) is 28.3 Å². The standard InChI is InChI=1S/C28H28F3N3O5S/c1-17(28(29,30)31)38-27(35)33-19-7-5-18(6-8-19)26-24(16-32)23-10-9-22(15-25(23)34(26)20-3-2-4-20)39-21-11-13-40(36,37)14-12-21/h5-10,15,17,20-21H,2-4,11-14H2,1H3,(H,33,35)/t17-/m1/s1.